The number of carbonyl (C=O) groups excluding carboxylic acids is 1. The Bertz CT molecular complexity index is 1200. The summed E-state index contributed by atoms with van der Waals surface area (Å²) in [5.74, 6) is -0.470. The monoisotopic (exact) mass is 444 g/mol. The molecule has 142 valence electrons. The molecule has 2 aromatic carbocycles. The number of ether oxygens (including phenoxy) is 1. The first kappa shape index (κ1) is 19.4. The van der Waals surface area contributed by atoms with E-state index in [4.69, 9.17) is 4.74 Å². The quantitative estimate of drug-likeness (QED) is 0.200. The van der Waals surface area contributed by atoms with Crippen molar-refractivity contribution in [1.82, 2.24) is 9.66 Å². The molecular formula is C18H13BrN4O5. The topological polar surface area (TPSA) is 117 Å². The van der Waals surface area contributed by atoms with Gasteiger partial charge in [0.2, 0.25) is 5.75 Å². The first-order valence-electron chi connectivity index (χ1n) is 7.96. The first-order valence-corrected chi connectivity index (χ1v) is 8.75. The highest BCUT2D eigenvalue weighted by Crippen LogP contribution is 2.27. The number of carbonyl (C=O) groups is 1. The van der Waals surface area contributed by atoms with Gasteiger partial charge in [-0.1, -0.05) is 15.9 Å². The van der Waals surface area contributed by atoms with Crippen LogP contribution in [-0.4, -0.2) is 26.8 Å². The molecule has 9 nitrogen and oxygen atoms in total. The number of nitrogens with zero attached hydrogens (tertiary/aromatic N) is 4. The van der Waals surface area contributed by atoms with Gasteiger partial charge >= 0.3 is 11.7 Å². The molecule has 0 bridgehead atoms. The number of aromatic nitrogens is 2. The third kappa shape index (κ3) is 3.96. The molecule has 3 aromatic rings. The van der Waals surface area contributed by atoms with Gasteiger partial charge in [-0.15, -0.1) is 0 Å². The molecule has 0 unspecified atom stereocenters. The first-order chi connectivity index (χ1) is 13.3. The van der Waals surface area contributed by atoms with E-state index in [-0.39, 0.29) is 17.0 Å². The predicted octanol–water partition coefficient (Wildman–Crippen LogP) is 3.18. The Hall–Kier alpha value is -3.40. The van der Waals surface area contributed by atoms with Crippen molar-refractivity contribution >= 4 is 44.7 Å². The van der Waals surface area contributed by atoms with E-state index in [2.05, 4.69) is 26.0 Å². The van der Waals surface area contributed by atoms with Crippen molar-refractivity contribution in [3.8, 4) is 5.75 Å². The molecule has 28 heavy (non-hydrogen) atoms. The number of nitro benzene ring substituents is 1. The van der Waals surface area contributed by atoms with Crippen molar-refractivity contribution in [1.29, 1.82) is 0 Å². The van der Waals surface area contributed by atoms with Gasteiger partial charge in [-0.3, -0.25) is 19.7 Å². The van der Waals surface area contributed by atoms with Crippen LogP contribution >= 0.6 is 15.9 Å². The van der Waals surface area contributed by atoms with Gasteiger partial charge in [0, 0.05) is 23.0 Å². The highest BCUT2D eigenvalue weighted by molar-refractivity contribution is 9.10. The van der Waals surface area contributed by atoms with Gasteiger partial charge in [0.25, 0.3) is 5.56 Å². The second kappa shape index (κ2) is 7.69. The summed E-state index contributed by atoms with van der Waals surface area (Å²) in [5.41, 5.74) is 0.136. The van der Waals surface area contributed by atoms with E-state index in [1.54, 1.807) is 25.1 Å². The lowest BCUT2D eigenvalue weighted by atomic mass is 10.2. The van der Waals surface area contributed by atoms with E-state index < -0.39 is 10.9 Å². The SMILES string of the molecule is CC(=O)Oc1ccc(C=Nn2c(C)nc3ccc(Br)cc3c2=O)cc1[N+](=O)[O-]. The zero-order valence-corrected chi connectivity index (χ0v) is 16.3. The van der Waals surface area contributed by atoms with Crippen LogP contribution in [0.15, 0.2) is 50.8 Å². The summed E-state index contributed by atoms with van der Waals surface area (Å²) in [6.45, 7) is 2.78. The molecule has 10 heteroatoms. The molecule has 3 rings (SSSR count). The number of hydrogen-bond acceptors (Lipinski definition) is 7. The second-order valence-electron chi connectivity index (χ2n) is 5.76. The van der Waals surface area contributed by atoms with Crippen LogP contribution in [0.25, 0.3) is 10.9 Å². The highest BCUT2D eigenvalue weighted by atomic mass is 79.9. The van der Waals surface area contributed by atoms with Crippen molar-refractivity contribution in [3.05, 3.63) is 72.7 Å². The summed E-state index contributed by atoms with van der Waals surface area (Å²) in [5, 5.41) is 15.7. The fraction of sp³-hybridized carbons (Fsp3) is 0.111. The third-order valence-electron chi connectivity index (χ3n) is 3.73. The Morgan fingerprint density at radius 2 is 2.07 bits per heavy atom. The molecule has 0 aliphatic carbocycles. The Labute approximate surface area is 166 Å². The molecule has 0 aliphatic rings. The van der Waals surface area contributed by atoms with Crippen molar-refractivity contribution < 1.29 is 14.5 Å². The molecule has 0 spiro atoms. The molecule has 1 heterocycles. The van der Waals surface area contributed by atoms with Crippen molar-refractivity contribution in [2.24, 2.45) is 5.10 Å². The molecule has 0 amide bonds. The number of benzene rings is 2. The second-order valence-corrected chi connectivity index (χ2v) is 6.68. The lowest BCUT2D eigenvalue weighted by Gasteiger charge is -2.06. The van der Waals surface area contributed by atoms with Crippen molar-refractivity contribution in [2.75, 3.05) is 0 Å². The van der Waals surface area contributed by atoms with Gasteiger partial charge in [-0.25, -0.2) is 4.98 Å². The van der Waals surface area contributed by atoms with E-state index >= 15 is 0 Å². The van der Waals surface area contributed by atoms with Gasteiger partial charge in [0.05, 0.1) is 22.0 Å². The van der Waals surface area contributed by atoms with Gasteiger partial charge in [0.1, 0.15) is 5.82 Å². The van der Waals surface area contributed by atoms with Crippen molar-refractivity contribution in [3.63, 3.8) is 0 Å². The van der Waals surface area contributed by atoms with Gasteiger partial charge in [0.15, 0.2) is 0 Å². The molecule has 1 aromatic heterocycles. The Kier molecular flexibility index (Phi) is 5.32. The molecule has 0 saturated carbocycles. The molecule has 0 fully saturated rings. The Balaban J connectivity index is 2.04. The summed E-state index contributed by atoms with van der Waals surface area (Å²) in [6.07, 6.45) is 1.30. The lowest BCUT2D eigenvalue weighted by molar-refractivity contribution is -0.385. The van der Waals surface area contributed by atoms with Crippen LogP contribution in [0.2, 0.25) is 0 Å². The van der Waals surface area contributed by atoms with Gasteiger partial charge < -0.3 is 4.74 Å². The normalized spacial score (nSPS) is 11.1. The molecule has 0 radical (unpaired) electrons. The summed E-state index contributed by atoms with van der Waals surface area (Å²) in [4.78, 5) is 38.7. The number of hydrogen-bond donors (Lipinski definition) is 0. The maximum Gasteiger partial charge on any atom is 0.312 e. The standard InChI is InChI=1S/C18H13BrN4O5/c1-10-21-15-5-4-13(19)8-14(15)18(25)22(10)20-9-12-3-6-17(28-11(2)24)16(7-12)23(26)27/h3-9H,1-2H3. The third-order valence-corrected chi connectivity index (χ3v) is 4.22. The molecule has 0 saturated heterocycles. The number of nitro groups is 1. The average molecular weight is 445 g/mol. The molecule has 0 N–H and O–H groups in total. The summed E-state index contributed by atoms with van der Waals surface area (Å²) >= 11 is 3.32. The van der Waals surface area contributed by atoms with Gasteiger partial charge in [-0.05, 0) is 37.3 Å². The van der Waals surface area contributed by atoms with E-state index in [9.17, 15) is 19.7 Å². The minimum Gasteiger partial charge on any atom is -0.419 e. The maximum atomic E-state index is 12.7. The summed E-state index contributed by atoms with van der Waals surface area (Å²) < 4.78 is 6.67. The lowest BCUT2D eigenvalue weighted by Crippen LogP contribution is -2.20. The van der Waals surface area contributed by atoms with E-state index in [1.165, 1.54) is 24.4 Å². The Morgan fingerprint density at radius 3 is 2.75 bits per heavy atom. The van der Waals surface area contributed by atoms with Crippen molar-refractivity contribution in [2.45, 2.75) is 13.8 Å². The number of fused-ring (bicyclic) bond motifs is 1. The Morgan fingerprint density at radius 1 is 1.32 bits per heavy atom. The molecule has 0 aliphatic heterocycles. The van der Waals surface area contributed by atoms with Crippen LogP contribution in [0.4, 0.5) is 5.69 Å². The zero-order chi connectivity index (χ0) is 20.4. The predicted molar refractivity (Wildman–Crippen MR) is 106 cm³/mol. The van der Waals surface area contributed by atoms with Crippen LogP contribution < -0.4 is 10.3 Å². The number of esters is 1. The smallest absolute Gasteiger partial charge is 0.312 e. The highest BCUT2D eigenvalue weighted by Gasteiger charge is 2.17. The summed E-state index contributed by atoms with van der Waals surface area (Å²) in [6, 6.07) is 9.14. The van der Waals surface area contributed by atoms with Crippen LogP contribution in [-0.2, 0) is 4.79 Å². The molecular weight excluding hydrogens is 432 g/mol. The minimum atomic E-state index is -0.667. The largest absolute Gasteiger partial charge is 0.419 e. The van der Waals surface area contributed by atoms with Gasteiger partial charge in [-0.2, -0.15) is 9.78 Å². The summed E-state index contributed by atoms with van der Waals surface area (Å²) in [7, 11) is 0. The van der Waals surface area contributed by atoms with E-state index in [0.717, 1.165) is 16.1 Å². The minimum absolute atomic E-state index is 0.166. The fourth-order valence-electron chi connectivity index (χ4n) is 2.52. The number of aryl methyl sites for hydroxylation is 1. The van der Waals surface area contributed by atoms with Crippen LogP contribution in [0.1, 0.15) is 18.3 Å². The molecule has 0 atom stereocenters. The number of halogens is 1. The van der Waals surface area contributed by atoms with Crippen LogP contribution in [0.5, 0.6) is 5.75 Å². The van der Waals surface area contributed by atoms with Crippen LogP contribution in [0, 0.1) is 17.0 Å². The average Bonchev–Trinajstić information content (AvgIpc) is 2.62. The van der Waals surface area contributed by atoms with E-state index in [0.29, 0.717) is 22.3 Å². The van der Waals surface area contributed by atoms with Crippen LogP contribution in [0.3, 0.4) is 0 Å². The fourth-order valence-corrected chi connectivity index (χ4v) is 2.88. The maximum absolute atomic E-state index is 12.7. The zero-order valence-electron chi connectivity index (χ0n) is 14.7. The van der Waals surface area contributed by atoms with E-state index in [1.807, 2.05) is 0 Å². The number of rotatable bonds is 4.